The van der Waals surface area contributed by atoms with Crippen LogP contribution in [0.15, 0.2) is 24.3 Å². The number of hydrogen-bond acceptors (Lipinski definition) is 4. The molecule has 0 aromatic heterocycles. The summed E-state index contributed by atoms with van der Waals surface area (Å²) in [6.07, 6.45) is 0. The van der Waals surface area contributed by atoms with Gasteiger partial charge >= 0.3 is 0 Å². The maximum absolute atomic E-state index is 11.0. The molecule has 0 aliphatic carbocycles. The van der Waals surface area contributed by atoms with Gasteiger partial charge in [-0.05, 0) is 24.3 Å². The third kappa shape index (κ3) is 4.47. The quantitative estimate of drug-likeness (QED) is 0.474. The van der Waals surface area contributed by atoms with Crippen LogP contribution in [0.25, 0.3) is 0 Å². The second kappa shape index (κ2) is 5.69. The van der Waals surface area contributed by atoms with Crippen LogP contribution in [-0.4, -0.2) is 28.6 Å². The molecule has 1 aromatic rings. The summed E-state index contributed by atoms with van der Waals surface area (Å²) in [5.41, 5.74) is 6.16. The van der Waals surface area contributed by atoms with Gasteiger partial charge in [0.25, 0.3) is 10.2 Å². The van der Waals surface area contributed by atoms with Crippen LogP contribution in [0.4, 0.5) is 5.69 Å². The van der Waals surface area contributed by atoms with Crippen LogP contribution < -0.4 is 19.9 Å². The van der Waals surface area contributed by atoms with E-state index < -0.39 is 10.2 Å². The fraction of sp³-hybridized carbons (Fsp3) is 0.333. The van der Waals surface area contributed by atoms with Gasteiger partial charge in [0, 0.05) is 19.3 Å². The van der Waals surface area contributed by atoms with Gasteiger partial charge in [0.15, 0.2) is 0 Å². The van der Waals surface area contributed by atoms with Crippen molar-refractivity contribution in [2.45, 2.75) is 0 Å². The van der Waals surface area contributed by atoms with E-state index in [2.05, 4.69) is 9.44 Å². The fourth-order valence-electron chi connectivity index (χ4n) is 0.981. The molecule has 16 heavy (non-hydrogen) atoms. The molecular formula is C9H15N3O3S. The lowest BCUT2D eigenvalue weighted by Crippen LogP contribution is -2.36. The van der Waals surface area contributed by atoms with Crippen molar-refractivity contribution in [3.8, 4) is 5.75 Å². The van der Waals surface area contributed by atoms with Crippen molar-refractivity contribution in [3.05, 3.63) is 24.3 Å². The van der Waals surface area contributed by atoms with Crippen LogP contribution in [-0.2, 0) is 10.2 Å². The Morgan fingerprint density at radius 2 is 1.94 bits per heavy atom. The minimum Gasteiger partial charge on any atom is -0.492 e. The van der Waals surface area contributed by atoms with E-state index >= 15 is 0 Å². The van der Waals surface area contributed by atoms with E-state index in [-0.39, 0.29) is 13.2 Å². The summed E-state index contributed by atoms with van der Waals surface area (Å²) < 4.78 is 31.7. The van der Waals surface area contributed by atoms with Crippen molar-refractivity contribution in [1.82, 2.24) is 9.44 Å². The number of nitrogens with two attached hydrogens (primary N) is 1. The fourth-order valence-corrected chi connectivity index (χ4v) is 1.48. The Morgan fingerprint density at radius 1 is 1.31 bits per heavy atom. The smallest absolute Gasteiger partial charge is 0.276 e. The van der Waals surface area contributed by atoms with Crippen LogP contribution in [0, 0.1) is 0 Å². The van der Waals surface area contributed by atoms with Crippen LogP contribution in [0.5, 0.6) is 5.75 Å². The Balaban J connectivity index is 2.29. The lowest BCUT2D eigenvalue weighted by molar-refractivity contribution is 0.322. The van der Waals surface area contributed by atoms with Crippen molar-refractivity contribution >= 4 is 15.9 Å². The van der Waals surface area contributed by atoms with Crippen molar-refractivity contribution < 1.29 is 13.2 Å². The zero-order valence-electron chi connectivity index (χ0n) is 8.93. The predicted molar refractivity (Wildman–Crippen MR) is 62.3 cm³/mol. The van der Waals surface area contributed by atoms with Gasteiger partial charge in [-0.15, -0.1) is 0 Å². The molecule has 0 saturated carbocycles. The molecule has 0 amide bonds. The summed E-state index contributed by atoms with van der Waals surface area (Å²) in [6, 6.07) is 6.88. The van der Waals surface area contributed by atoms with Gasteiger partial charge < -0.3 is 10.5 Å². The highest BCUT2D eigenvalue weighted by atomic mass is 32.2. The zero-order chi connectivity index (χ0) is 12.0. The molecule has 7 heteroatoms. The molecule has 0 spiro atoms. The SMILES string of the molecule is CNS(=O)(=O)NCCOc1ccc(N)cc1. The molecule has 0 bridgehead atoms. The predicted octanol–water partition coefficient (Wildman–Crippen LogP) is -0.299. The van der Waals surface area contributed by atoms with Gasteiger partial charge in [-0.1, -0.05) is 0 Å². The first-order valence-electron chi connectivity index (χ1n) is 4.70. The topological polar surface area (TPSA) is 93.5 Å². The number of nitrogen functional groups attached to an aromatic ring is 1. The maximum atomic E-state index is 11.0. The summed E-state index contributed by atoms with van der Waals surface area (Å²) in [5, 5.41) is 0. The van der Waals surface area contributed by atoms with Crippen LogP contribution in [0.2, 0.25) is 0 Å². The maximum Gasteiger partial charge on any atom is 0.276 e. The lowest BCUT2D eigenvalue weighted by Gasteiger charge is -2.07. The van der Waals surface area contributed by atoms with Crippen molar-refractivity contribution in [3.63, 3.8) is 0 Å². The second-order valence-corrected chi connectivity index (χ2v) is 4.72. The number of anilines is 1. The van der Waals surface area contributed by atoms with E-state index in [1.165, 1.54) is 7.05 Å². The van der Waals surface area contributed by atoms with Crippen molar-refractivity contribution in [2.24, 2.45) is 0 Å². The van der Waals surface area contributed by atoms with Gasteiger partial charge in [-0.2, -0.15) is 13.1 Å². The molecule has 0 heterocycles. The summed E-state index contributed by atoms with van der Waals surface area (Å²) in [7, 11) is -2.04. The van der Waals surface area contributed by atoms with Gasteiger partial charge in [0.2, 0.25) is 0 Å². The van der Waals surface area contributed by atoms with Crippen LogP contribution in [0.3, 0.4) is 0 Å². The summed E-state index contributed by atoms with van der Waals surface area (Å²) in [6.45, 7) is 0.457. The summed E-state index contributed by atoms with van der Waals surface area (Å²) in [4.78, 5) is 0. The molecule has 4 N–H and O–H groups in total. The molecule has 1 rings (SSSR count). The Morgan fingerprint density at radius 3 is 2.50 bits per heavy atom. The Hall–Kier alpha value is -1.31. The van der Waals surface area contributed by atoms with Gasteiger partial charge in [0.1, 0.15) is 12.4 Å². The number of benzene rings is 1. The minimum atomic E-state index is -3.38. The van der Waals surface area contributed by atoms with Gasteiger partial charge in [-0.3, -0.25) is 0 Å². The molecular weight excluding hydrogens is 230 g/mol. The normalized spacial score (nSPS) is 11.3. The number of rotatable bonds is 6. The van der Waals surface area contributed by atoms with E-state index in [1.54, 1.807) is 24.3 Å². The molecule has 0 aliphatic rings. The molecule has 0 fully saturated rings. The first-order valence-corrected chi connectivity index (χ1v) is 6.18. The summed E-state index contributed by atoms with van der Waals surface area (Å²) in [5.74, 6) is 0.651. The van der Waals surface area contributed by atoms with Crippen LogP contribution >= 0.6 is 0 Å². The first kappa shape index (κ1) is 12.8. The third-order valence-electron chi connectivity index (χ3n) is 1.81. The first-order chi connectivity index (χ1) is 7.53. The number of nitrogens with one attached hydrogen (secondary N) is 2. The standard InChI is InChI=1S/C9H15N3O3S/c1-11-16(13,14)12-6-7-15-9-4-2-8(10)3-5-9/h2-5,11-12H,6-7,10H2,1H3. The zero-order valence-corrected chi connectivity index (χ0v) is 9.75. The third-order valence-corrected chi connectivity index (χ3v) is 2.93. The van der Waals surface area contributed by atoms with Crippen molar-refractivity contribution in [2.75, 3.05) is 25.9 Å². The number of hydrogen-bond donors (Lipinski definition) is 3. The molecule has 90 valence electrons. The average molecular weight is 245 g/mol. The van der Waals surface area contributed by atoms with E-state index in [0.29, 0.717) is 11.4 Å². The summed E-state index contributed by atoms with van der Waals surface area (Å²) >= 11 is 0. The highest BCUT2D eigenvalue weighted by Crippen LogP contribution is 2.12. The minimum absolute atomic E-state index is 0.202. The van der Waals surface area contributed by atoms with Crippen LogP contribution in [0.1, 0.15) is 0 Å². The molecule has 0 atom stereocenters. The average Bonchev–Trinajstić information content (AvgIpc) is 2.27. The number of ether oxygens (including phenoxy) is 1. The van der Waals surface area contributed by atoms with Gasteiger partial charge in [0.05, 0.1) is 0 Å². The molecule has 1 aromatic carbocycles. The van der Waals surface area contributed by atoms with E-state index in [0.717, 1.165) is 0 Å². The Bertz CT molecular complexity index is 416. The molecule has 0 saturated heterocycles. The molecule has 0 unspecified atom stereocenters. The van der Waals surface area contributed by atoms with Gasteiger partial charge in [-0.25, -0.2) is 4.72 Å². The Labute approximate surface area is 95.0 Å². The highest BCUT2D eigenvalue weighted by molar-refractivity contribution is 7.87. The van der Waals surface area contributed by atoms with E-state index in [4.69, 9.17) is 10.5 Å². The second-order valence-electron chi connectivity index (χ2n) is 3.02. The highest BCUT2D eigenvalue weighted by Gasteiger charge is 2.03. The monoisotopic (exact) mass is 245 g/mol. The molecule has 6 nitrogen and oxygen atoms in total. The van der Waals surface area contributed by atoms with E-state index in [9.17, 15) is 8.42 Å². The lowest BCUT2D eigenvalue weighted by atomic mass is 10.3. The molecule has 0 radical (unpaired) electrons. The largest absolute Gasteiger partial charge is 0.492 e. The molecule has 0 aliphatic heterocycles. The Kier molecular flexibility index (Phi) is 4.53. The van der Waals surface area contributed by atoms with Crippen molar-refractivity contribution in [1.29, 1.82) is 0 Å². The van der Waals surface area contributed by atoms with E-state index in [1.807, 2.05) is 0 Å².